The Morgan fingerprint density at radius 2 is 1.24 bits per heavy atom. The van der Waals surface area contributed by atoms with Gasteiger partial charge < -0.3 is 4.74 Å². The Morgan fingerprint density at radius 1 is 0.760 bits per heavy atom. The molecule has 0 unspecified atom stereocenters. The molecule has 0 radical (unpaired) electrons. The third-order valence-corrected chi connectivity index (χ3v) is 11.7. The van der Waals surface area contributed by atoms with Crippen LogP contribution in [0.4, 0.5) is 0 Å². The molecule has 0 bridgehead atoms. The molecule has 2 aromatic rings. The number of hydrogen-bond donors (Lipinski definition) is 0. The van der Waals surface area contributed by atoms with E-state index in [1.54, 1.807) is 0 Å². The van der Waals surface area contributed by atoms with Gasteiger partial charge in [0.2, 0.25) is 0 Å². The molecule has 1 aliphatic rings. The van der Waals surface area contributed by atoms with Gasteiger partial charge in [0.15, 0.2) is 0 Å². The Bertz CT molecular complexity index is 708. The summed E-state index contributed by atoms with van der Waals surface area (Å²) in [4.78, 5) is 0. The topological polar surface area (TPSA) is 9.23 Å². The SMILES string of the molecule is CC[Si](CC)(CC)C1=C(C)[C@@H](c2ccccc2)[C@H](c2ccccc2)O1. The molecule has 0 saturated carbocycles. The molecule has 1 nitrogen and oxygen atoms in total. The highest BCUT2D eigenvalue weighted by Gasteiger charge is 2.44. The van der Waals surface area contributed by atoms with Crippen molar-refractivity contribution in [2.24, 2.45) is 0 Å². The molecule has 2 atom stereocenters. The molecule has 0 aromatic heterocycles. The fraction of sp³-hybridized carbons (Fsp3) is 0.391. The predicted molar refractivity (Wildman–Crippen MR) is 109 cm³/mol. The molecule has 0 aliphatic carbocycles. The zero-order chi connectivity index (χ0) is 17.9. The average Bonchev–Trinajstić information content (AvgIpc) is 3.03. The minimum absolute atomic E-state index is 0.107. The quantitative estimate of drug-likeness (QED) is 0.517. The summed E-state index contributed by atoms with van der Waals surface area (Å²) in [7, 11) is -1.54. The molecule has 0 fully saturated rings. The van der Waals surface area contributed by atoms with Crippen molar-refractivity contribution in [2.75, 3.05) is 0 Å². The van der Waals surface area contributed by atoms with Crippen LogP contribution in [0.5, 0.6) is 0 Å². The van der Waals surface area contributed by atoms with E-state index in [2.05, 4.69) is 88.4 Å². The first-order valence-corrected chi connectivity index (χ1v) is 12.3. The standard InChI is InChI=1S/C23H30OSi/c1-5-25(6-2,7-3)23-18(4)21(19-14-10-8-11-15-19)22(24-23)20-16-12-9-13-17-20/h8-17,21-22H,5-7H2,1-4H3/t21-,22-/m0/s1. The number of benzene rings is 2. The Kier molecular flexibility index (Phi) is 5.48. The lowest BCUT2D eigenvalue weighted by Crippen LogP contribution is -2.35. The smallest absolute Gasteiger partial charge is 0.133 e. The van der Waals surface area contributed by atoms with Crippen LogP contribution in [0, 0.1) is 0 Å². The zero-order valence-electron chi connectivity index (χ0n) is 16.0. The van der Waals surface area contributed by atoms with Crippen LogP contribution in [-0.4, -0.2) is 8.07 Å². The molecule has 25 heavy (non-hydrogen) atoms. The van der Waals surface area contributed by atoms with Gasteiger partial charge in [-0.3, -0.25) is 0 Å². The van der Waals surface area contributed by atoms with Gasteiger partial charge in [0.05, 0.1) is 5.38 Å². The molecule has 0 saturated heterocycles. The lowest BCUT2D eigenvalue weighted by molar-refractivity contribution is 0.145. The summed E-state index contributed by atoms with van der Waals surface area (Å²) in [5.41, 5.74) is 4.13. The van der Waals surface area contributed by atoms with Gasteiger partial charge in [-0.25, -0.2) is 0 Å². The summed E-state index contributed by atoms with van der Waals surface area (Å²) in [6.07, 6.45) is 0.107. The van der Waals surface area contributed by atoms with E-state index < -0.39 is 8.07 Å². The molecule has 1 aliphatic heterocycles. The Hall–Kier alpha value is -1.80. The Morgan fingerprint density at radius 3 is 1.72 bits per heavy atom. The zero-order valence-corrected chi connectivity index (χ0v) is 17.0. The third-order valence-electron chi connectivity index (χ3n) is 6.17. The minimum atomic E-state index is -1.54. The summed E-state index contributed by atoms with van der Waals surface area (Å²) >= 11 is 0. The van der Waals surface area contributed by atoms with Gasteiger partial charge in [0.1, 0.15) is 14.2 Å². The van der Waals surface area contributed by atoms with Gasteiger partial charge in [0.25, 0.3) is 0 Å². The predicted octanol–water partition coefficient (Wildman–Crippen LogP) is 6.86. The van der Waals surface area contributed by atoms with E-state index in [9.17, 15) is 0 Å². The van der Waals surface area contributed by atoms with Crippen LogP contribution < -0.4 is 0 Å². The fourth-order valence-electron chi connectivity index (χ4n) is 4.42. The van der Waals surface area contributed by atoms with Crippen LogP contribution in [0.2, 0.25) is 18.1 Å². The van der Waals surface area contributed by atoms with E-state index in [-0.39, 0.29) is 6.10 Å². The molecule has 3 rings (SSSR count). The first-order valence-electron chi connectivity index (χ1n) is 9.64. The first kappa shape index (κ1) is 18.0. The van der Waals surface area contributed by atoms with Crippen molar-refractivity contribution in [2.45, 2.75) is 57.8 Å². The second kappa shape index (κ2) is 7.61. The number of rotatable bonds is 6. The largest absolute Gasteiger partial charge is 0.494 e. The summed E-state index contributed by atoms with van der Waals surface area (Å²) in [5.74, 6) is 0.329. The maximum atomic E-state index is 6.81. The lowest BCUT2D eigenvalue weighted by Gasteiger charge is -2.30. The molecule has 0 amide bonds. The molecule has 2 heteroatoms. The van der Waals surface area contributed by atoms with E-state index in [1.807, 2.05) is 0 Å². The molecule has 0 N–H and O–H groups in total. The van der Waals surface area contributed by atoms with E-state index in [1.165, 1.54) is 40.2 Å². The fourth-order valence-corrected chi connectivity index (χ4v) is 8.25. The van der Waals surface area contributed by atoms with Gasteiger partial charge in [-0.15, -0.1) is 0 Å². The molecule has 2 aromatic carbocycles. The van der Waals surface area contributed by atoms with Crippen molar-refractivity contribution < 1.29 is 4.74 Å². The van der Waals surface area contributed by atoms with E-state index in [0.29, 0.717) is 5.92 Å². The maximum absolute atomic E-state index is 6.81. The number of hydrogen-bond acceptors (Lipinski definition) is 1. The Balaban J connectivity index is 2.11. The third kappa shape index (κ3) is 3.20. The second-order valence-electron chi connectivity index (χ2n) is 7.19. The highest BCUT2D eigenvalue weighted by atomic mass is 28.3. The second-order valence-corrected chi connectivity index (χ2v) is 12.3. The summed E-state index contributed by atoms with van der Waals surface area (Å²) < 4.78 is 6.81. The normalized spacial score (nSPS) is 20.6. The minimum Gasteiger partial charge on any atom is -0.494 e. The lowest BCUT2D eigenvalue weighted by atomic mass is 9.86. The van der Waals surface area contributed by atoms with Gasteiger partial charge in [-0.1, -0.05) is 99.6 Å². The van der Waals surface area contributed by atoms with Crippen LogP contribution in [-0.2, 0) is 4.74 Å². The summed E-state index contributed by atoms with van der Waals surface area (Å²) in [6, 6.07) is 25.4. The van der Waals surface area contributed by atoms with Crippen molar-refractivity contribution in [3.05, 3.63) is 82.7 Å². The summed E-state index contributed by atoms with van der Waals surface area (Å²) in [5, 5.41) is 1.38. The van der Waals surface area contributed by atoms with Crippen LogP contribution in [0.15, 0.2) is 71.6 Å². The highest BCUT2D eigenvalue weighted by Crippen LogP contribution is 2.51. The first-order chi connectivity index (χ1) is 12.2. The van der Waals surface area contributed by atoms with E-state index in [0.717, 1.165) is 0 Å². The molecule has 0 spiro atoms. The van der Waals surface area contributed by atoms with Crippen LogP contribution in [0.1, 0.15) is 50.8 Å². The van der Waals surface area contributed by atoms with Crippen molar-refractivity contribution in [3.8, 4) is 0 Å². The van der Waals surface area contributed by atoms with Crippen molar-refractivity contribution in [1.29, 1.82) is 0 Å². The van der Waals surface area contributed by atoms with Crippen LogP contribution in [0.25, 0.3) is 0 Å². The van der Waals surface area contributed by atoms with Crippen molar-refractivity contribution in [3.63, 3.8) is 0 Å². The van der Waals surface area contributed by atoms with Gasteiger partial charge in [-0.2, -0.15) is 0 Å². The summed E-state index contributed by atoms with van der Waals surface area (Å²) in [6.45, 7) is 9.39. The van der Waals surface area contributed by atoms with Gasteiger partial charge >= 0.3 is 0 Å². The maximum Gasteiger partial charge on any atom is 0.133 e. The van der Waals surface area contributed by atoms with Crippen LogP contribution in [0.3, 0.4) is 0 Å². The van der Waals surface area contributed by atoms with Crippen molar-refractivity contribution >= 4 is 8.07 Å². The highest BCUT2D eigenvalue weighted by molar-refractivity contribution is 6.86. The molecular weight excluding hydrogens is 320 g/mol. The van der Waals surface area contributed by atoms with Gasteiger partial charge in [0, 0.05) is 5.92 Å². The van der Waals surface area contributed by atoms with E-state index >= 15 is 0 Å². The van der Waals surface area contributed by atoms with Gasteiger partial charge in [-0.05, 0) is 23.6 Å². The molecular formula is C23H30OSi. The molecule has 1 heterocycles. The number of ether oxygens (including phenoxy) is 1. The van der Waals surface area contributed by atoms with Crippen LogP contribution >= 0.6 is 0 Å². The monoisotopic (exact) mass is 350 g/mol. The molecule has 132 valence electrons. The van der Waals surface area contributed by atoms with Crippen molar-refractivity contribution in [1.82, 2.24) is 0 Å². The Labute approximate surface area is 153 Å². The average molecular weight is 351 g/mol. The van der Waals surface area contributed by atoms with E-state index in [4.69, 9.17) is 4.74 Å².